The van der Waals surface area contributed by atoms with Crippen molar-refractivity contribution in [2.45, 2.75) is 44.6 Å². The van der Waals surface area contributed by atoms with Gasteiger partial charge in [0.2, 0.25) is 0 Å². The van der Waals surface area contributed by atoms with E-state index >= 15 is 0 Å². The molecule has 1 saturated carbocycles. The lowest BCUT2D eigenvalue weighted by molar-refractivity contribution is 0.377. The van der Waals surface area contributed by atoms with Gasteiger partial charge in [0.25, 0.3) is 0 Å². The van der Waals surface area contributed by atoms with E-state index in [4.69, 9.17) is 0 Å². The standard InChI is InChI=1S/C14H19N/c1-11-4-5-13-12(8-11)9-15-10-14(13)6-2-3-7-14/h4-5,8,15H,2-3,6-7,9-10H2,1H3. The van der Waals surface area contributed by atoms with E-state index in [1.165, 1.54) is 37.8 Å². The Hall–Kier alpha value is -0.820. The summed E-state index contributed by atoms with van der Waals surface area (Å²) in [5, 5.41) is 3.60. The van der Waals surface area contributed by atoms with Crippen LogP contribution in [0.4, 0.5) is 0 Å². The second-order valence-corrected chi connectivity index (χ2v) is 5.25. The molecule has 2 aliphatic rings. The van der Waals surface area contributed by atoms with Crippen LogP contribution in [0.1, 0.15) is 42.4 Å². The van der Waals surface area contributed by atoms with Gasteiger partial charge < -0.3 is 5.32 Å². The van der Waals surface area contributed by atoms with Gasteiger partial charge in [0, 0.05) is 18.5 Å². The van der Waals surface area contributed by atoms with Crippen molar-refractivity contribution in [3.05, 3.63) is 34.9 Å². The van der Waals surface area contributed by atoms with Gasteiger partial charge in [-0.15, -0.1) is 0 Å². The monoisotopic (exact) mass is 201 g/mol. The third-order valence-corrected chi connectivity index (χ3v) is 4.17. The molecule has 0 amide bonds. The smallest absolute Gasteiger partial charge is 0.0208 e. The maximum atomic E-state index is 3.60. The minimum atomic E-state index is 0.487. The van der Waals surface area contributed by atoms with E-state index in [0.717, 1.165) is 6.54 Å². The SMILES string of the molecule is Cc1ccc2c(c1)CNCC21CCCC1. The van der Waals surface area contributed by atoms with Gasteiger partial charge in [-0.2, -0.15) is 0 Å². The molecular formula is C14H19N. The predicted molar refractivity (Wildman–Crippen MR) is 63.0 cm³/mol. The zero-order valence-electron chi connectivity index (χ0n) is 9.47. The summed E-state index contributed by atoms with van der Waals surface area (Å²) in [5.74, 6) is 0. The van der Waals surface area contributed by atoms with Crippen LogP contribution < -0.4 is 5.32 Å². The molecule has 1 spiro atoms. The number of aryl methyl sites for hydroxylation is 1. The minimum absolute atomic E-state index is 0.487. The quantitative estimate of drug-likeness (QED) is 0.680. The van der Waals surface area contributed by atoms with Crippen LogP contribution in [0.2, 0.25) is 0 Å². The number of benzene rings is 1. The van der Waals surface area contributed by atoms with Gasteiger partial charge in [0.15, 0.2) is 0 Å². The van der Waals surface area contributed by atoms with E-state index in [9.17, 15) is 0 Å². The van der Waals surface area contributed by atoms with Crippen LogP contribution in [0.5, 0.6) is 0 Å². The molecule has 1 heteroatoms. The Morgan fingerprint density at radius 2 is 2.00 bits per heavy atom. The fourth-order valence-corrected chi connectivity index (χ4v) is 3.42. The van der Waals surface area contributed by atoms with Crippen molar-refractivity contribution >= 4 is 0 Å². The lowest BCUT2D eigenvalue weighted by Gasteiger charge is -2.36. The van der Waals surface area contributed by atoms with Gasteiger partial charge in [0.1, 0.15) is 0 Å². The topological polar surface area (TPSA) is 12.0 Å². The molecule has 1 N–H and O–H groups in total. The molecule has 1 heterocycles. The summed E-state index contributed by atoms with van der Waals surface area (Å²) in [7, 11) is 0. The third kappa shape index (κ3) is 1.41. The van der Waals surface area contributed by atoms with E-state index < -0.39 is 0 Å². The van der Waals surface area contributed by atoms with Crippen LogP contribution in [0.3, 0.4) is 0 Å². The molecule has 1 aromatic carbocycles. The molecule has 1 aromatic rings. The van der Waals surface area contributed by atoms with Gasteiger partial charge in [-0.05, 0) is 30.9 Å². The van der Waals surface area contributed by atoms with Gasteiger partial charge >= 0.3 is 0 Å². The number of fused-ring (bicyclic) bond motifs is 2. The van der Waals surface area contributed by atoms with E-state index in [2.05, 4.69) is 30.4 Å². The maximum absolute atomic E-state index is 3.60. The Morgan fingerprint density at radius 3 is 2.80 bits per heavy atom. The summed E-state index contributed by atoms with van der Waals surface area (Å²) >= 11 is 0. The van der Waals surface area contributed by atoms with Crippen molar-refractivity contribution in [2.75, 3.05) is 6.54 Å². The second kappa shape index (κ2) is 3.34. The molecular weight excluding hydrogens is 182 g/mol. The molecule has 15 heavy (non-hydrogen) atoms. The first-order valence-electron chi connectivity index (χ1n) is 6.11. The largest absolute Gasteiger partial charge is 0.312 e. The second-order valence-electron chi connectivity index (χ2n) is 5.25. The number of hydrogen-bond donors (Lipinski definition) is 1. The van der Waals surface area contributed by atoms with Crippen molar-refractivity contribution < 1.29 is 0 Å². The number of rotatable bonds is 0. The lowest BCUT2D eigenvalue weighted by atomic mass is 9.74. The Labute approximate surface area is 91.9 Å². The maximum Gasteiger partial charge on any atom is 0.0208 e. The Bertz CT molecular complexity index is 375. The van der Waals surface area contributed by atoms with Gasteiger partial charge in [-0.1, -0.05) is 36.6 Å². The molecule has 0 radical (unpaired) electrons. The molecule has 1 aliphatic carbocycles. The molecule has 1 aliphatic heterocycles. The van der Waals surface area contributed by atoms with Crippen LogP contribution >= 0.6 is 0 Å². The van der Waals surface area contributed by atoms with E-state index in [1.54, 1.807) is 11.1 Å². The molecule has 0 saturated heterocycles. The fraction of sp³-hybridized carbons (Fsp3) is 0.571. The molecule has 0 atom stereocenters. The molecule has 0 unspecified atom stereocenters. The van der Waals surface area contributed by atoms with Crippen LogP contribution in [0, 0.1) is 6.92 Å². The van der Waals surface area contributed by atoms with Gasteiger partial charge in [0.05, 0.1) is 0 Å². The summed E-state index contributed by atoms with van der Waals surface area (Å²) in [6.07, 6.45) is 5.59. The summed E-state index contributed by atoms with van der Waals surface area (Å²) in [4.78, 5) is 0. The van der Waals surface area contributed by atoms with E-state index in [-0.39, 0.29) is 0 Å². The Morgan fingerprint density at radius 1 is 1.20 bits per heavy atom. The van der Waals surface area contributed by atoms with Crippen molar-refractivity contribution in [1.82, 2.24) is 5.32 Å². The number of hydrogen-bond acceptors (Lipinski definition) is 1. The molecule has 80 valence electrons. The van der Waals surface area contributed by atoms with Crippen molar-refractivity contribution in [3.63, 3.8) is 0 Å². The summed E-state index contributed by atoms with van der Waals surface area (Å²) < 4.78 is 0. The van der Waals surface area contributed by atoms with Gasteiger partial charge in [-0.3, -0.25) is 0 Å². The summed E-state index contributed by atoms with van der Waals surface area (Å²) in [6.45, 7) is 4.46. The Kier molecular flexibility index (Phi) is 2.10. The number of nitrogens with one attached hydrogen (secondary N) is 1. The first-order chi connectivity index (χ1) is 7.30. The minimum Gasteiger partial charge on any atom is -0.312 e. The van der Waals surface area contributed by atoms with Crippen molar-refractivity contribution in [3.8, 4) is 0 Å². The van der Waals surface area contributed by atoms with Crippen LogP contribution in [0.15, 0.2) is 18.2 Å². The molecule has 0 bridgehead atoms. The highest BCUT2D eigenvalue weighted by Gasteiger charge is 2.38. The zero-order valence-corrected chi connectivity index (χ0v) is 9.47. The zero-order chi connectivity index (χ0) is 10.3. The van der Waals surface area contributed by atoms with E-state index in [0.29, 0.717) is 5.41 Å². The summed E-state index contributed by atoms with van der Waals surface area (Å²) in [5.41, 5.74) is 5.07. The normalized spacial score (nSPS) is 23.0. The predicted octanol–water partition coefficient (Wildman–Crippen LogP) is 2.91. The highest BCUT2D eigenvalue weighted by Crippen LogP contribution is 2.43. The molecule has 0 aromatic heterocycles. The highest BCUT2D eigenvalue weighted by molar-refractivity contribution is 5.40. The molecule has 1 fully saturated rings. The average Bonchev–Trinajstić information content (AvgIpc) is 2.67. The van der Waals surface area contributed by atoms with E-state index in [1.807, 2.05) is 0 Å². The lowest BCUT2D eigenvalue weighted by Crippen LogP contribution is -2.41. The van der Waals surface area contributed by atoms with Crippen LogP contribution in [0.25, 0.3) is 0 Å². The van der Waals surface area contributed by atoms with Crippen LogP contribution in [-0.2, 0) is 12.0 Å². The Balaban J connectivity index is 2.10. The van der Waals surface area contributed by atoms with Crippen molar-refractivity contribution in [2.24, 2.45) is 0 Å². The molecule has 1 nitrogen and oxygen atoms in total. The van der Waals surface area contributed by atoms with Crippen molar-refractivity contribution in [1.29, 1.82) is 0 Å². The first-order valence-corrected chi connectivity index (χ1v) is 6.11. The molecule has 3 rings (SSSR count). The average molecular weight is 201 g/mol. The first kappa shape index (κ1) is 9.41. The van der Waals surface area contributed by atoms with Crippen LogP contribution in [-0.4, -0.2) is 6.54 Å². The fourth-order valence-electron chi connectivity index (χ4n) is 3.42. The van der Waals surface area contributed by atoms with Gasteiger partial charge in [-0.25, -0.2) is 0 Å². The summed E-state index contributed by atoms with van der Waals surface area (Å²) in [6, 6.07) is 7.03. The highest BCUT2D eigenvalue weighted by atomic mass is 14.9. The third-order valence-electron chi connectivity index (χ3n) is 4.17.